The van der Waals surface area contributed by atoms with E-state index < -0.39 is 0 Å². The first kappa shape index (κ1) is 21.4. The molecule has 2 aromatic rings. The van der Waals surface area contributed by atoms with E-state index in [4.69, 9.17) is 9.47 Å². The number of fused-ring (bicyclic) bond motifs is 5. The molecule has 2 aliphatic carbocycles. The third-order valence-electron chi connectivity index (χ3n) is 6.36. The van der Waals surface area contributed by atoms with E-state index in [0.717, 1.165) is 17.0 Å². The number of allylic oxidation sites excluding steroid dienone is 2. The zero-order chi connectivity index (χ0) is 22.4. The molecule has 4 atom stereocenters. The van der Waals surface area contributed by atoms with Crippen LogP contribution in [0.15, 0.2) is 62.6 Å². The van der Waals surface area contributed by atoms with Gasteiger partial charge in [0.05, 0.1) is 29.6 Å². The molecule has 32 heavy (non-hydrogen) atoms. The van der Waals surface area contributed by atoms with Crippen LogP contribution in [0.5, 0.6) is 11.5 Å². The lowest BCUT2D eigenvalue weighted by atomic mass is 9.85. The van der Waals surface area contributed by atoms with Crippen molar-refractivity contribution in [2.45, 2.75) is 13.0 Å². The highest BCUT2D eigenvalue weighted by Crippen LogP contribution is 2.52. The van der Waals surface area contributed by atoms with Gasteiger partial charge >= 0.3 is 0 Å². The summed E-state index contributed by atoms with van der Waals surface area (Å²) in [6.07, 6.45) is 6.53. The highest BCUT2D eigenvalue weighted by Gasteiger charge is 2.59. The summed E-state index contributed by atoms with van der Waals surface area (Å²) in [5, 5.41) is 5.31. The molecule has 0 aromatic heterocycles. The van der Waals surface area contributed by atoms with Gasteiger partial charge in [-0.2, -0.15) is 10.1 Å². The summed E-state index contributed by atoms with van der Waals surface area (Å²) in [6, 6.07) is 11.6. The summed E-state index contributed by atoms with van der Waals surface area (Å²) in [7, 11) is 1.56. The molecule has 8 heteroatoms. The predicted octanol–water partition coefficient (Wildman–Crippen LogP) is 4.94. The van der Waals surface area contributed by atoms with Crippen molar-refractivity contribution in [1.82, 2.24) is 5.01 Å². The Morgan fingerprint density at radius 1 is 1.06 bits per heavy atom. The van der Waals surface area contributed by atoms with Gasteiger partial charge in [0, 0.05) is 10.0 Å². The molecular weight excluding hydrogens is 540 g/mol. The largest absolute Gasteiger partial charge is 0.493 e. The van der Waals surface area contributed by atoms with E-state index in [1.54, 1.807) is 13.2 Å². The first-order chi connectivity index (χ1) is 15.5. The minimum atomic E-state index is -0.270. The number of benzene rings is 2. The van der Waals surface area contributed by atoms with Gasteiger partial charge in [0.2, 0.25) is 0 Å². The smallest absolute Gasteiger partial charge is 0.254 e. The number of methoxy groups -OCH3 is 1. The van der Waals surface area contributed by atoms with Gasteiger partial charge < -0.3 is 9.47 Å². The molecule has 164 valence electrons. The van der Waals surface area contributed by atoms with Gasteiger partial charge in [-0.1, -0.05) is 42.5 Å². The second kappa shape index (κ2) is 8.48. The van der Waals surface area contributed by atoms with Crippen LogP contribution in [0.4, 0.5) is 0 Å². The number of imide groups is 1. The molecule has 0 radical (unpaired) electrons. The molecule has 2 fully saturated rings. The zero-order valence-electron chi connectivity index (χ0n) is 17.2. The maximum absolute atomic E-state index is 12.8. The van der Waals surface area contributed by atoms with Crippen molar-refractivity contribution in [3.63, 3.8) is 0 Å². The molecule has 0 N–H and O–H groups in total. The van der Waals surface area contributed by atoms with Gasteiger partial charge in [0.15, 0.2) is 11.5 Å². The quantitative estimate of drug-likeness (QED) is 0.285. The fraction of sp³-hybridized carbons (Fsp3) is 0.292. The van der Waals surface area contributed by atoms with Crippen molar-refractivity contribution in [3.8, 4) is 11.5 Å². The van der Waals surface area contributed by atoms with Gasteiger partial charge in [-0.3, -0.25) is 9.59 Å². The van der Waals surface area contributed by atoms with Gasteiger partial charge in [0.25, 0.3) is 11.8 Å². The number of hydrazone groups is 1. The Hall–Kier alpha value is -2.45. The number of hydrogen-bond acceptors (Lipinski definition) is 5. The van der Waals surface area contributed by atoms with E-state index in [2.05, 4.69) is 49.1 Å². The highest BCUT2D eigenvalue weighted by molar-refractivity contribution is 9.13. The van der Waals surface area contributed by atoms with Gasteiger partial charge in [0.1, 0.15) is 6.61 Å². The summed E-state index contributed by atoms with van der Waals surface area (Å²) in [4.78, 5) is 25.7. The maximum atomic E-state index is 12.8. The number of rotatable bonds is 6. The average Bonchev–Trinajstić information content (AvgIpc) is 3.49. The fourth-order valence-electron chi connectivity index (χ4n) is 4.83. The van der Waals surface area contributed by atoms with Gasteiger partial charge in [-0.05, 0) is 61.7 Å². The second-order valence-corrected chi connectivity index (χ2v) is 9.72. The minimum Gasteiger partial charge on any atom is -0.493 e. The topological polar surface area (TPSA) is 68.2 Å². The molecule has 3 aliphatic rings. The number of carbonyl (C=O) groups excluding carboxylic acids is 2. The summed E-state index contributed by atoms with van der Waals surface area (Å²) in [5.74, 6) is 0.409. The monoisotopic (exact) mass is 558 g/mol. The molecule has 5 rings (SSSR count). The summed E-state index contributed by atoms with van der Waals surface area (Å²) < 4.78 is 12.9. The number of halogens is 2. The van der Waals surface area contributed by atoms with Crippen molar-refractivity contribution >= 4 is 49.9 Å². The molecule has 1 saturated carbocycles. The molecule has 0 unspecified atom stereocenters. The molecule has 2 aromatic carbocycles. The molecule has 6 nitrogen and oxygen atoms in total. The van der Waals surface area contributed by atoms with Crippen LogP contribution in [0.25, 0.3) is 0 Å². The molecule has 2 amide bonds. The van der Waals surface area contributed by atoms with E-state index in [9.17, 15) is 9.59 Å². The molecule has 1 heterocycles. The number of nitrogens with zero attached hydrogens (tertiary/aromatic N) is 2. The van der Waals surface area contributed by atoms with Crippen LogP contribution < -0.4 is 9.47 Å². The Balaban J connectivity index is 1.38. The molecular formula is C24H20Br2N2O4. The van der Waals surface area contributed by atoms with E-state index in [0.29, 0.717) is 32.6 Å². The lowest BCUT2D eigenvalue weighted by molar-refractivity contribution is -0.140. The standard InChI is InChI=1S/C24H20Br2N2O4/c1-31-17-10-16(20(25)21(26)22(17)32-12-13-5-3-2-4-6-13)11-27-28-23(29)18-14-7-8-15(9-14)19(18)24(28)30/h2-8,10-11,14-15,18-19H,9,12H2,1H3/t14-,15-,18-,19+/m0/s1. The van der Waals surface area contributed by atoms with Crippen LogP contribution in [0.1, 0.15) is 17.5 Å². The molecule has 0 spiro atoms. The summed E-state index contributed by atoms with van der Waals surface area (Å²) in [5.41, 5.74) is 1.68. The SMILES string of the molecule is COc1cc(C=NN2C(=O)[C@@H]3[C@H](C2=O)[C@H]2C=C[C@H]3C2)c(Br)c(Br)c1OCc1ccccc1. The molecule has 1 aliphatic heterocycles. The number of carbonyl (C=O) groups is 2. The molecule has 1 saturated heterocycles. The summed E-state index contributed by atoms with van der Waals surface area (Å²) >= 11 is 7.13. The number of ether oxygens (including phenoxy) is 2. The van der Waals surface area contributed by atoms with Crippen LogP contribution in [0, 0.1) is 23.7 Å². The van der Waals surface area contributed by atoms with Crippen molar-refractivity contribution in [2.75, 3.05) is 7.11 Å². The highest BCUT2D eigenvalue weighted by atomic mass is 79.9. The van der Waals surface area contributed by atoms with Crippen LogP contribution in [-0.2, 0) is 16.2 Å². The van der Waals surface area contributed by atoms with E-state index in [-0.39, 0.29) is 35.5 Å². The van der Waals surface area contributed by atoms with Crippen molar-refractivity contribution in [3.05, 3.63) is 68.6 Å². The zero-order valence-corrected chi connectivity index (χ0v) is 20.4. The van der Waals surface area contributed by atoms with Crippen LogP contribution >= 0.6 is 31.9 Å². The Morgan fingerprint density at radius 3 is 2.34 bits per heavy atom. The lowest BCUT2D eigenvalue weighted by Crippen LogP contribution is -2.28. The lowest BCUT2D eigenvalue weighted by Gasteiger charge is -2.16. The first-order valence-corrected chi connectivity index (χ1v) is 11.9. The van der Waals surface area contributed by atoms with Gasteiger partial charge in [-0.15, -0.1) is 0 Å². The molecule has 2 bridgehead atoms. The maximum Gasteiger partial charge on any atom is 0.254 e. The normalized spacial score (nSPS) is 25.8. The van der Waals surface area contributed by atoms with Crippen LogP contribution in [0.2, 0.25) is 0 Å². The predicted molar refractivity (Wildman–Crippen MR) is 126 cm³/mol. The Kier molecular flexibility index (Phi) is 5.67. The average molecular weight is 560 g/mol. The van der Waals surface area contributed by atoms with E-state index in [1.165, 1.54) is 6.21 Å². The summed E-state index contributed by atoms with van der Waals surface area (Å²) in [6.45, 7) is 0.381. The van der Waals surface area contributed by atoms with Gasteiger partial charge in [-0.25, -0.2) is 0 Å². The Morgan fingerprint density at radius 2 is 1.72 bits per heavy atom. The Bertz CT molecular complexity index is 1120. The first-order valence-electron chi connectivity index (χ1n) is 10.3. The van der Waals surface area contributed by atoms with E-state index in [1.807, 2.05) is 30.3 Å². The van der Waals surface area contributed by atoms with E-state index >= 15 is 0 Å². The van der Waals surface area contributed by atoms with Crippen molar-refractivity contribution in [1.29, 1.82) is 0 Å². The number of amides is 2. The van der Waals surface area contributed by atoms with Crippen LogP contribution in [0.3, 0.4) is 0 Å². The third-order valence-corrected chi connectivity index (χ3v) is 8.50. The minimum absolute atomic E-state index is 0.156. The fourth-order valence-corrected chi connectivity index (χ4v) is 5.77. The van der Waals surface area contributed by atoms with Crippen molar-refractivity contribution in [2.24, 2.45) is 28.8 Å². The second-order valence-electron chi connectivity index (χ2n) is 8.13. The van der Waals surface area contributed by atoms with Crippen molar-refractivity contribution < 1.29 is 19.1 Å². The third kappa shape index (κ3) is 3.49. The Labute approximate surface area is 202 Å². The van der Waals surface area contributed by atoms with Crippen LogP contribution in [-0.4, -0.2) is 30.1 Å². The number of hydrogen-bond donors (Lipinski definition) is 0.